The summed E-state index contributed by atoms with van der Waals surface area (Å²) < 4.78 is 12.9. The molecule has 1 amide bonds. The first-order chi connectivity index (χ1) is 10.5. The number of para-hydroxylation sites is 1. The van der Waals surface area contributed by atoms with E-state index in [-0.39, 0.29) is 11.7 Å². The first kappa shape index (κ1) is 16.2. The highest BCUT2D eigenvalue weighted by Gasteiger charge is 2.12. The number of anilines is 1. The van der Waals surface area contributed by atoms with Crippen LogP contribution in [0.15, 0.2) is 42.5 Å². The fraction of sp³-hybridized carbons (Fsp3) is 0.316. The van der Waals surface area contributed by atoms with E-state index < -0.39 is 0 Å². The zero-order valence-electron chi connectivity index (χ0n) is 13.3. The molecule has 0 radical (unpaired) electrons. The van der Waals surface area contributed by atoms with E-state index in [1.165, 1.54) is 12.1 Å². The van der Waals surface area contributed by atoms with Crippen molar-refractivity contribution in [3.8, 4) is 0 Å². The van der Waals surface area contributed by atoms with E-state index >= 15 is 0 Å². The normalized spacial score (nSPS) is 10.8. The fourth-order valence-electron chi connectivity index (χ4n) is 2.45. The first-order valence-corrected chi connectivity index (χ1v) is 7.61. The predicted octanol–water partition coefficient (Wildman–Crippen LogP) is 4.83. The van der Waals surface area contributed by atoms with E-state index in [4.69, 9.17) is 0 Å². The van der Waals surface area contributed by atoms with E-state index in [0.717, 1.165) is 22.4 Å². The van der Waals surface area contributed by atoms with E-state index in [0.29, 0.717) is 18.8 Å². The Labute approximate surface area is 131 Å². The lowest BCUT2D eigenvalue weighted by Crippen LogP contribution is -2.15. The average molecular weight is 299 g/mol. The number of nitrogens with one attached hydrogen (secondary N) is 1. The van der Waals surface area contributed by atoms with Gasteiger partial charge in [-0.25, -0.2) is 4.39 Å². The summed E-state index contributed by atoms with van der Waals surface area (Å²) in [6.45, 7) is 6.23. The maximum Gasteiger partial charge on any atom is 0.224 e. The maximum absolute atomic E-state index is 12.9. The number of carbonyl (C=O) groups is 1. The van der Waals surface area contributed by atoms with E-state index in [2.05, 4.69) is 19.2 Å². The molecule has 22 heavy (non-hydrogen) atoms. The third kappa shape index (κ3) is 4.17. The molecule has 0 atom stereocenters. The summed E-state index contributed by atoms with van der Waals surface area (Å²) in [6.07, 6.45) is 0.993. The molecule has 2 aromatic rings. The van der Waals surface area contributed by atoms with E-state index in [9.17, 15) is 9.18 Å². The van der Waals surface area contributed by atoms with Gasteiger partial charge in [0, 0.05) is 12.1 Å². The van der Waals surface area contributed by atoms with Crippen LogP contribution in [-0.4, -0.2) is 5.91 Å². The predicted molar refractivity (Wildman–Crippen MR) is 88.6 cm³/mol. The number of carbonyl (C=O) groups excluding carboxylic acids is 1. The zero-order valence-corrected chi connectivity index (χ0v) is 13.3. The van der Waals surface area contributed by atoms with Crippen LogP contribution >= 0.6 is 0 Å². The highest BCUT2D eigenvalue weighted by atomic mass is 19.1. The molecule has 0 fully saturated rings. The summed E-state index contributed by atoms with van der Waals surface area (Å²) in [6, 6.07) is 12.3. The molecule has 0 aliphatic heterocycles. The lowest BCUT2D eigenvalue weighted by atomic mass is 9.98. The Morgan fingerprint density at radius 2 is 1.82 bits per heavy atom. The molecule has 0 aliphatic rings. The number of hydrogen-bond acceptors (Lipinski definition) is 1. The summed E-state index contributed by atoms with van der Waals surface area (Å²) in [5, 5.41) is 3.03. The minimum atomic E-state index is -0.255. The SMILES string of the molecule is Cc1cccc(C(C)C)c1NC(=O)CCc1ccc(F)cc1. The van der Waals surface area contributed by atoms with Crippen LogP contribution in [0.5, 0.6) is 0 Å². The van der Waals surface area contributed by atoms with Gasteiger partial charge in [-0.2, -0.15) is 0 Å². The standard InChI is InChI=1S/C19H22FNO/c1-13(2)17-6-4-5-14(3)19(17)21-18(22)12-9-15-7-10-16(20)11-8-15/h4-8,10-11,13H,9,12H2,1-3H3,(H,21,22). The van der Waals surface area contributed by atoms with E-state index in [1.807, 2.05) is 25.1 Å². The minimum absolute atomic E-state index is 0.0134. The van der Waals surface area contributed by atoms with Crippen LogP contribution < -0.4 is 5.32 Å². The Bertz CT molecular complexity index is 647. The maximum atomic E-state index is 12.9. The van der Waals surface area contributed by atoms with Crippen molar-refractivity contribution >= 4 is 11.6 Å². The molecular formula is C19H22FNO. The van der Waals surface area contributed by atoms with Crippen LogP contribution in [0.3, 0.4) is 0 Å². The van der Waals surface area contributed by atoms with Crippen LogP contribution in [0.2, 0.25) is 0 Å². The van der Waals surface area contributed by atoms with Gasteiger partial charge in [0.1, 0.15) is 5.82 Å². The number of rotatable bonds is 5. The van der Waals surface area contributed by atoms with Crippen LogP contribution in [0.4, 0.5) is 10.1 Å². The molecule has 3 heteroatoms. The quantitative estimate of drug-likeness (QED) is 0.842. The van der Waals surface area contributed by atoms with Crippen molar-refractivity contribution in [2.45, 2.75) is 39.5 Å². The summed E-state index contributed by atoms with van der Waals surface area (Å²) in [5.74, 6) is 0.0857. The van der Waals surface area contributed by atoms with Crippen molar-refractivity contribution in [1.82, 2.24) is 0 Å². The molecule has 0 aliphatic carbocycles. The molecule has 0 aromatic heterocycles. The molecule has 2 aromatic carbocycles. The molecule has 0 spiro atoms. The number of benzene rings is 2. The molecule has 2 rings (SSSR count). The van der Waals surface area contributed by atoms with Crippen LogP contribution in [0.25, 0.3) is 0 Å². The molecule has 0 saturated carbocycles. The second-order valence-electron chi connectivity index (χ2n) is 5.87. The first-order valence-electron chi connectivity index (χ1n) is 7.61. The van der Waals surface area contributed by atoms with Gasteiger partial charge in [0.05, 0.1) is 0 Å². The largest absolute Gasteiger partial charge is 0.326 e. The monoisotopic (exact) mass is 299 g/mol. The Hall–Kier alpha value is -2.16. The Morgan fingerprint density at radius 1 is 1.14 bits per heavy atom. The van der Waals surface area contributed by atoms with Gasteiger partial charge in [-0.05, 0) is 48.1 Å². The summed E-state index contributed by atoms with van der Waals surface area (Å²) in [7, 11) is 0. The van der Waals surface area contributed by atoms with Gasteiger partial charge in [-0.3, -0.25) is 4.79 Å². The lowest BCUT2D eigenvalue weighted by Gasteiger charge is -2.16. The van der Waals surface area contributed by atoms with Gasteiger partial charge in [-0.15, -0.1) is 0 Å². The third-order valence-corrected chi connectivity index (χ3v) is 3.75. The van der Waals surface area contributed by atoms with Gasteiger partial charge in [-0.1, -0.05) is 44.2 Å². The second-order valence-corrected chi connectivity index (χ2v) is 5.87. The lowest BCUT2D eigenvalue weighted by molar-refractivity contribution is -0.116. The molecule has 0 saturated heterocycles. The van der Waals surface area contributed by atoms with Crippen molar-refractivity contribution in [1.29, 1.82) is 0 Å². The number of hydrogen-bond donors (Lipinski definition) is 1. The summed E-state index contributed by atoms with van der Waals surface area (Å²) in [5.41, 5.74) is 4.10. The average Bonchev–Trinajstić information content (AvgIpc) is 2.48. The molecule has 0 unspecified atom stereocenters. The van der Waals surface area contributed by atoms with Crippen molar-refractivity contribution in [3.05, 3.63) is 65.0 Å². The van der Waals surface area contributed by atoms with Gasteiger partial charge < -0.3 is 5.32 Å². The molecular weight excluding hydrogens is 277 g/mol. The highest BCUT2D eigenvalue weighted by Crippen LogP contribution is 2.27. The van der Waals surface area contributed by atoms with Crippen molar-refractivity contribution in [2.24, 2.45) is 0 Å². The highest BCUT2D eigenvalue weighted by molar-refractivity contribution is 5.92. The molecule has 0 bridgehead atoms. The topological polar surface area (TPSA) is 29.1 Å². The van der Waals surface area contributed by atoms with Gasteiger partial charge >= 0.3 is 0 Å². The van der Waals surface area contributed by atoms with Crippen LogP contribution in [-0.2, 0) is 11.2 Å². The molecule has 1 N–H and O–H groups in total. The summed E-state index contributed by atoms with van der Waals surface area (Å²) in [4.78, 5) is 12.2. The van der Waals surface area contributed by atoms with Gasteiger partial charge in [0.15, 0.2) is 0 Å². The Kier molecular flexibility index (Phi) is 5.31. The molecule has 2 nitrogen and oxygen atoms in total. The van der Waals surface area contributed by atoms with Crippen LogP contribution in [0.1, 0.15) is 42.9 Å². The number of halogens is 1. The van der Waals surface area contributed by atoms with Gasteiger partial charge in [0.25, 0.3) is 0 Å². The smallest absolute Gasteiger partial charge is 0.224 e. The van der Waals surface area contributed by atoms with Crippen molar-refractivity contribution in [2.75, 3.05) is 5.32 Å². The Morgan fingerprint density at radius 3 is 2.45 bits per heavy atom. The molecule has 0 heterocycles. The van der Waals surface area contributed by atoms with E-state index in [1.54, 1.807) is 12.1 Å². The van der Waals surface area contributed by atoms with Gasteiger partial charge in [0.2, 0.25) is 5.91 Å². The minimum Gasteiger partial charge on any atom is -0.326 e. The summed E-state index contributed by atoms with van der Waals surface area (Å²) >= 11 is 0. The fourth-order valence-corrected chi connectivity index (χ4v) is 2.45. The van der Waals surface area contributed by atoms with Crippen molar-refractivity contribution in [3.63, 3.8) is 0 Å². The Balaban J connectivity index is 2.02. The van der Waals surface area contributed by atoms with Crippen molar-refractivity contribution < 1.29 is 9.18 Å². The zero-order chi connectivity index (χ0) is 16.1. The third-order valence-electron chi connectivity index (χ3n) is 3.75. The number of amides is 1. The molecule has 116 valence electrons. The van der Waals surface area contributed by atoms with Crippen LogP contribution in [0, 0.1) is 12.7 Å². The second kappa shape index (κ2) is 7.21. The number of aryl methyl sites for hydroxylation is 2.